The molecule has 0 amide bonds. The summed E-state index contributed by atoms with van der Waals surface area (Å²) in [6.45, 7) is 3.85. The predicted molar refractivity (Wildman–Crippen MR) is 203 cm³/mol. The normalized spacial score (nSPS) is 14.2. The molecule has 0 aromatic heterocycles. The number of esters is 1. The van der Waals surface area contributed by atoms with Gasteiger partial charge in [0.1, 0.15) is 12.1 Å². The summed E-state index contributed by atoms with van der Waals surface area (Å²) in [4.78, 5) is 33.4. The lowest BCUT2D eigenvalue weighted by atomic mass is 10.0. The highest BCUT2D eigenvalue weighted by Crippen LogP contribution is 2.43. The minimum absolute atomic E-state index is 0.0189. The van der Waals surface area contributed by atoms with Crippen LogP contribution >= 0.6 is 7.82 Å². The third-order valence-electron chi connectivity index (χ3n) is 8.79. The summed E-state index contributed by atoms with van der Waals surface area (Å²) in [5.74, 6) is -1.78. The summed E-state index contributed by atoms with van der Waals surface area (Å²) in [6.07, 6.45) is 35.5. The van der Waals surface area contributed by atoms with Gasteiger partial charge in [-0.2, -0.15) is 0 Å². The van der Waals surface area contributed by atoms with Crippen LogP contribution in [0.5, 0.6) is 0 Å². The van der Waals surface area contributed by atoms with Crippen molar-refractivity contribution in [3.8, 4) is 0 Å². The van der Waals surface area contributed by atoms with Crippen LogP contribution in [0.1, 0.15) is 187 Å². The molecule has 0 fully saturated rings. The number of hydrogen-bond donors (Lipinski definition) is 3. The molecule has 4 N–H and O–H groups in total. The first-order valence-corrected chi connectivity index (χ1v) is 21.7. The van der Waals surface area contributed by atoms with E-state index in [0.717, 1.165) is 57.8 Å². The van der Waals surface area contributed by atoms with Crippen LogP contribution in [0.4, 0.5) is 0 Å². The first-order valence-electron chi connectivity index (χ1n) is 20.2. The van der Waals surface area contributed by atoms with Crippen molar-refractivity contribution in [1.29, 1.82) is 0 Å². The molecule has 50 heavy (non-hydrogen) atoms. The number of phosphoric ester groups is 1. The molecule has 296 valence electrons. The highest BCUT2D eigenvalue weighted by molar-refractivity contribution is 7.47. The number of ether oxygens (including phenoxy) is 2. The molecule has 0 aliphatic heterocycles. The standard InChI is InChI=1S/C39H76NO9P/c1-3-5-7-9-11-13-15-16-17-18-19-20-22-24-26-28-30-32-46-33-36(34-47-50(44,45)48-35-37(40)39(42)43)49-38(41)31-29-27-25-23-21-14-12-10-8-6-4-2/h10,12,36-37H,3-9,11,13-35,40H2,1-2H3,(H,42,43)(H,44,45)/b12-10-. The number of phosphoric acid groups is 1. The van der Waals surface area contributed by atoms with Gasteiger partial charge in [0.05, 0.1) is 19.8 Å². The Bertz CT molecular complexity index is 857. The molecule has 0 aliphatic rings. The molecule has 0 rings (SSSR count). The number of unbranched alkanes of at least 4 members (excludes halogenated alkanes) is 23. The maximum atomic E-state index is 12.5. The van der Waals surface area contributed by atoms with E-state index < -0.39 is 45.1 Å². The summed E-state index contributed by atoms with van der Waals surface area (Å²) in [7, 11) is -4.61. The van der Waals surface area contributed by atoms with E-state index in [0.29, 0.717) is 13.0 Å². The summed E-state index contributed by atoms with van der Waals surface area (Å²) < 4.78 is 33.2. The number of hydrogen-bond acceptors (Lipinski definition) is 8. The number of allylic oxidation sites excluding steroid dienone is 2. The number of carbonyl (C=O) groups excluding carboxylic acids is 1. The van der Waals surface area contributed by atoms with E-state index in [2.05, 4.69) is 26.0 Å². The van der Waals surface area contributed by atoms with Crippen LogP contribution in [-0.2, 0) is 32.7 Å². The first kappa shape index (κ1) is 48.7. The Hall–Kier alpha value is -1.29. The lowest BCUT2D eigenvalue weighted by molar-refractivity contribution is -0.154. The van der Waals surface area contributed by atoms with Crippen LogP contribution in [0.3, 0.4) is 0 Å². The minimum Gasteiger partial charge on any atom is -0.480 e. The van der Waals surface area contributed by atoms with Gasteiger partial charge in [-0.15, -0.1) is 0 Å². The van der Waals surface area contributed by atoms with Crippen LogP contribution in [0.25, 0.3) is 0 Å². The number of carboxylic acids is 1. The molecule has 3 atom stereocenters. The molecular formula is C39H76NO9P. The van der Waals surface area contributed by atoms with Crippen LogP contribution < -0.4 is 5.73 Å². The molecule has 0 aromatic carbocycles. The summed E-state index contributed by atoms with van der Waals surface area (Å²) in [5.41, 5.74) is 5.34. The largest absolute Gasteiger partial charge is 0.480 e. The van der Waals surface area contributed by atoms with Crippen LogP contribution in [0.2, 0.25) is 0 Å². The highest BCUT2D eigenvalue weighted by atomic mass is 31.2. The Morgan fingerprint density at radius 3 is 1.58 bits per heavy atom. The van der Waals surface area contributed by atoms with Gasteiger partial charge < -0.3 is 25.2 Å². The Morgan fingerprint density at radius 1 is 0.620 bits per heavy atom. The van der Waals surface area contributed by atoms with Crippen LogP contribution in [0.15, 0.2) is 12.2 Å². The lowest BCUT2D eigenvalue weighted by Gasteiger charge is -2.20. The Kier molecular flexibility index (Phi) is 35.2. The second-order valence-electron chi connectivity index (χ2n) is 13.8. The number of rotatable bonds is 39. The fourth-order valence-electron chi connectivity index (χ4n) is 5.58. The molecule has 0 heterocycles. The fraction of sp³-hybridized carbons (Fsp3) is 0.897. The second-order valence-corrected chi connectivity index (χ2v) is 15.2. The lowest BCUT2D eigenvalue weighted by Crippen LogP contribution is -2.34. The first-order chi connectivity index (χ1) is 24.2. The molecule has 0 radical (unpaired) electrons. The average molecular weight is 734 g/mol. The molecule has 0 saturated carbocycles. The van der Waals surface area contributed by atoms with Crippen molar-refractivity contribution >= 4 is 19.8 Å². The quantitative estimate of drug-likeness (QED) is 0.0240. The molecular weight excluding hydrogens is 657 g/mol. The van der Waals surface area contributed by atoms with E-state index in [9.17, 15) is 19.0 Å². The van der Waals surface area contributed by atoms with Gasteiger partial charge >= 0.3 is 19.8 Å². The van der Waals surface area contributed by atoms with Crippen LogP contribution in [-0.4, -0.2) is 60.5 Å². The molecule has 11 heteroatoms. The van der Waals surface area contributed by atoms with Crippen molar-refractivity contribution in [1.82, 2.24) is 0 Å². The third-order valence-corrected chi connectivity index (χ3v) is 9.75. The van der Waals surface area contributed by atoms with Gasteiger partial charge in [0.25, 0.3) is 0 Å². The average Bonchev–Trinajstić information content (AvgIpc) is 3.09. The molecule has 3 unspecified atom stereocenters. The summed E-state index contributed by atoms with van der Waals surface area (Å²) >= 11 is 0. The van der Waals surface area contributed by atoms with Gasteiger partial charge in [-0.3, -0.25) is 18.6 Å². The van der Waals surface area contributed by atoms with E-state index in [-0.39, 0.29) is 13.0 Å². The summed E-state index contributed by atoms with van der Waals surface area (Å²) in [6, 6.07) is -1.47. The topological polar surface area (TPSA) is 155 Å². The van der Waals surface area contributed by atoms with Crippen LogP contribution in [0, 0.1) is 0 Å². The zero-order valence-corrected chi connectivity index (χ0v) is 32.9. The number of aliphatic carboxylic acids is 1. The fourth-order valence-corrected chi connectivity index (χ4v) is 6.36. The van der Waals surface area contributed by atoms with Crippen molar-refractivity contribution in [2.75, 3.05) is 26.4 Å². The molecule has 10 nitrogen and oxygen atoms in total. The number of nitrogens with two attached hydrogens (primary N) is 1. The minimum atomic E-state index is -4.61. The number of carboxylic acid groups (broad SMARTS) is 1. The van der Waals surface area contributed by atoms with E-state index in [1.165, 1.54) is 103 Å². The smallest absolute Gasteiger partial charge is 0.472 e. The highest BCUT2D eigenvalue weighted by Gasteiger charge is 2.27. The summed E-state index contributed by atoms with van der Waals surface area (Å²) in [5, 5.41) is 8.87. The molecule has 0 spiro atoms. The Morgan fingerprint density at radius 2 is 1.06 bits per heavy atom. The Labute approximate surface area is 305 Å². The molecule has 0 aromatic rings. The third kappa shape index (κ3) is 35.1. The van der Waals surface area contributed by atoms with E-state index >= 15 is 0 Å². The van der Waals surface area contributed by atoms with E-state index in [1.807, 2.05) is 0 Å². The maximum Gasteiger partial charge on any atom is 0.472 e. The van der Waals surface area contributed by atoms with Crippen molar-refractivity contribution in [3.63, 3.8) is 0 Å². The Balaban J connectivity index is 4.21. The SMILES string of the molecule is CCCC/C=C\CCCCCCCC(=O)OC(COCCCCCCCCCCCCCCCCCCC)COP(=O)(O)OCC(N)C(=O)O. The number of carbonyl (C=O) groups is 2. The zero-order valence-electron chi connectivity index (χ0n) is 32.0. The van der Waals surface area contributed by atoms with Gasteiger partial charge in [-0.25, -0.2) is 4.57 Å². The van der Waals surface area contributed by atoms with Gasteiger partial charge in [-0.05, 0) is 32.1 Å². The molecule has 0 bridgehead atoms. The van der Waals surface area contributed by atoms with Crippen molar-refractivity contribution < 1.29 is 42.7 Å². The van der Waals surface area contributed by atoms with E-state index in [1.54, 1.807) is 0 Å². The van der Waals surface area contributed by atoms with Gasteiger partial charge in [-0.1, -0.05) is 161 Å². The molecule has 0 aliphatic carbocycles. The van der Waals surface area contributed by atoms with Gasteiger partial charge in [0.2, 0.25) is 0 Å². The predicted octanol–water partition coefficient (Wildman–Crippen LogP) is 10.6. The van der Waals surface area contributed by atoms with Gasteiger partial charge in [0, 0.05) is 13.0 Å². The maximum absolute atomic E-state index is 12.5. The second kappa shape index (κ2) is 36.1. The van der Waals surface area contributed by atoms with Crippen molar-refractivity contribution in [2.24, 2.45) is 5.73 Å². The van der Waals surface area contributed by atoms with Gasteiger partial charge in [0.15, 0.2) is 0 Å². The van der Waals surface area contributed by atoms with E-state index in [4.69, 9.17) is 29.4 Å². The zero-order chi connectivity index (χ0) is 37.0. The molecule has 0 saturated heterocycles. The monoisotopic (exact) mass is 734 g/mol. The van der Waals surface area contributed by atoms with Crippen molar-refractivity contribution in [3.05, 3.63) is 12.2 Å². The van der Waals surface area contributed by atoms with Crippen molar-refractivity contribution in [2.45, 2.75) is 199 Å².